The van der Waals surface area contributed by atoms with Crippen molar-refractivity contribution in [1.82, 2.24) is 4.98 Å². The van der Waals surface area contributed by atoms with Crippen LogP contribution in [-0.4, -0.2) is 23.4 Å². The van der Waals surface area contributed by atoms with Crippen LogP contribution in [0, 0.1) is 0 Å². The molecule has 0 aliphatic carbocycles. The number of pyridine rings is 1. The molecule has 1 aromatic carbocycles. The Hall–Kier alpha value is -1.56. The van der Waals surface area contributed by atoms with E-state index in [1.807, 2.05) is 43.3 Å². The van der Waals surface area contributed by atoms with E-state index in [4.69, 9.17) is 15.2 Å². The molecular weight excluding hydrogens is 284 g/mol. The summed E-state index contributed by atoms with van der Waals surface area (Å²) in [7, 11) is 0. The van der Waals surface area contributed by atoms with Crippen molar-refractivity contribution in [2.75, 3.05) is 18.1 Å². The first-order chi connectivity index (χ1) is 10.2. The highest BCUT2D eigenvalue weighted by Gasteiger charge is 2.38. The molecule has 0 spiro atoms. The van der Waals surface area contributed by atoms with Gasteiger partial charge in [0.25, 0.3) is 0 Å². The van der Waals surface area contributed by atoms with Gasteiger partial charge in [0.15, 0.2) is 5.79 Å². The molecule has 5 heteroatoms. The van der Waals surface area contributed by atoms with Crippen LogP contribution < -0.4 is 5.73 Å². The second-order valence-corrected chi connectivity index (χ2v) is 6.15. The molecule has 2 N–H and O–H groups in total. The third-order valence-corrected chi connectivity index (χ3v) is 4.69. The molecule has 1 aliphatic rings. The van der Waals surface area contributed by atoms with Crippen molar-refractivity contribution in [3.8, 4) is 0 Å². The summed E-state index contributed by atoms with van der Waals surface area (Å²) in [5.41, 5.74) is 7.64. The molecule has 2 unspecified atom stereocenters. The topological polar surface area (TPSA) is 57.4 Å². The Morgan fingerprint density at radius 1 is 1.33 bits per heavy atom. The van der Waals surface area contributed by atoms with Gasteiger partial charge in [-0.05, 0) is 13.0 Å². The van der Waals surface area contributed by atoms with Gasteiger partial charge in [-0.3, -0.25) is 4.98 Å². The molecule has 1 fully saturated rings. The summed E-state index contributed by atoms with van der Waals surface area (Å²) in [6, 6.07) is 11.9. The minimum Gasteiger partial charge on any atom is -0.397 e. The lowest BCUT2D eigenvalue weighted by atomic mass is 10.1. The van der Waals surface area contributed by atoms with E-state index in [-0.39, 0.29) is 6.10 Å². The fourth-order valence-corrected chi connectivity index (χ4v) is 3.23. The number of rotatable bonds is 4. The first kappa shape index (κ1) is 14.4. The highest BCUT2D eigenvalue weighted by molar-refractivity contribution is 7.99. The van der Waals surface area contributed by atoms with Crippen LogP contribution >= 0.6 is 11.8 Å². The lowest BCUT2D eigenvalue weighted by molar-refractivity contribution is -0.159. The van der Waals surface area contributed by atoms with E-state index in [1.54, 1.807) is 24.2 Å². The summed E-state index contributed by atoms with van der Waals surface area (Å²) in [5, 5.41) is 0. The normalized spacial score (nSPS) is 25.1. The molecule has 0 bridgehead atoms. The highest BCUT2D eigenvalue weighted by Crippen LogP contribution is 2.36. The Labute approximate surface area is 128 Å². The van der Waals surface area contributed by atoms with E-state index in [0.717, 1.165) is 16.2 Å². The Morgan fingerprint density at radius 3 is 2.90 bits per heavy atom. The lowest BCUT2D eigenvalue weighted by Crippen LogP contribution is -2.24. The lowest BCUT2D eigenvalue weighted by Gasteiger charge is -2.23. The Bertz CT molecular complexity index is 608. The predicted molar refractivity (Wildman–Crippen MR) is 84.0 cm³/mol. The van der Waals surface area contributed by atoms with Crippen molar-refractivity contribution in [2.45, 2.75) is 23.7 Å². The molecule has 2 aromatic rings. The van der Waals surface area contributed by atoms with Gasteiger partial charge in [0, 0.05) is 22.4 Å². The average Bonchev–Trinajstić information content (AvgIpc) is 2.90. The van der Waals surface area contributed by atoms with Crippen LogP contribution in [0.15, 0.2) is 53.7 Å². The van der Waals surface area contributed by atoms with Crippen molar-refractivity contribution >= 4 is 17.4 Å². The summed E-state index contributed by atoms with van der Waals surface area (Å²) >= 11 is 1.67. The van der Waals surface area contributed by atoms with Crippen molar-refractivity contribution in [1.29, 1.82) is 0 Å². The maximum Gasteiger partial charge on any atom is 0.192 e. The third-order valence-electron chi connectivity index (χ3n) is 3.47. The molecule has 0 saturated carbocycles. The Morgan fingerprint density at radius 2 is 2.14 bits per heavy atom. The van der Waals surface area contributed by atoms with Crippen molar-refractivity contribution in [3.63, 3.8) is 0 Å². The summed E-state index contributed by atoms with van der Waals surface area (Å²) in [5.74, 6) is 0.146. The molecule has 3 rings (SSSR count). The van der Waals surface area contributed by atoms with Gasteiger partial charge in [0.05, 0.1) is 24.6 Å². The van der Waals surface area contributed by atoms with Crippen LogP contribution in [0.4, 0.5) is 5.69 Å². The van der Waals surface area contributed by atoms with Crippen LogP contribution in [0.25, 0.3) is 0 Å². The van der Waals surface area contributed by atoms with Gasteiger partial charge in [-0.25, -0.2) is 0 Å². The number of thioether (sulfide) groups is 1. The van der Waals surface area contributed by atoms with Gasteiger partial charge in [-0.15, -0.1) is 11.8 Å². The zero-order valence-electron chi connectivity index (χ0n) is 11.9. The van der Waals surface area contributed by atoms with Gasteiger partial charge >= 0.3 is 0 Å². The predicted octanol–water partition coefficient (Wildman–Crippen LogP) is 3.04. The number of ether oxygens (including phenoxy) is 2. The van der Waals surface area contributed by atoms with Crippen LogP contribution in [0.5, 0.6) is 0 Å². The second kappa shape index (κ2) is 6.05. The molecule has 4 nitrogen and oxygen atoms in total. The first-order valence-corrected chi connectivity index (χ1v) is 7.85. The minimum atomic E-state index is -0.656. The van der Waals surface area contributed by atoms with Crippen LogP contribution in [0.2, 0.25) is 0 Å². The van der Waals surface area contributed by atoms with E-state index in [9.17, 15) is 0 Å². The first-order valence-electron chi connectivity index (χ1n) is 6.87. The second-order valence-electron chi connectivity index (χ2n) is 5.09. The van der Waals surface area contributed by atoms with Gasteiger partial charge in [-0.1, -0.05) is 30.3 Å². The smallest absolute Gasteiger partial charge is 0.192 e. The van der Waals surface area contributed by atoms with Crippen LogP contribution in [0.1, 0.15) is 12.5 Å². The maximum absolute atomic E-state index is 6.10. The summed E-state index contributed by atoms with van der Waals surface area (Å²) in [6.45, 7) is 2.55. The average molecular weight is 302 g/mol. The Balaban J connectivity index is 1.61. The molecule has 1 saturated heterocycles. The standard InChI is InChI=1S/C16H18N2O2S/c1-16(12-5-3-2-4-6-12)19-10-13(20-16)11-21-15-7-8-18-9-14(15)17/h2-9,13H,10-11,17H2,1H3. The number of anilines is 1. The molecule has 21 heavy (non-hydrogen) atoms. The van der Waals surface area contributed by atoms with Crippen molar-refractivity contribution < 1.29 is 9.47 Å². The minimum absolute atomic E-state index is 0.0489. The molecule has 1 aliphatic heterocycles. The van der Waals surface area contributed by atoms with E-state index in [0.29, 0.717) is 12.3 Å². The Kier molecular flexibility index (Phi) is 4.14. The van der Waals surface area contributed by atoms with Gasteiger partial charge in [-0.2, -0.15) is 0 Å². The zero-order chi connectivity index (χ0) is 14.7. The monoisotopic (exact) mass is 302 g/mol. The fraction of sp³-hybridized carbons (Fsp3) is 0.312. The molecule has 2 heterocycles. The van der Waals surface area contributed by atoms with Gasteiger partial charge in [0.1, 0.15) is 0 Å². The number of nitrogens with zero attached hydrogens (tertiary/aromatic N) is 1. The molecule has 0 radical (unpaired) electrons. The number of hydrogen-bond acceptors (Lipinski definition) is 5. The fourth-order valence-electron chi connectivity index (χ4n) is 2.32. The molecule has 2 atom stereocenters. The van der Waals surface area contributed by atoms with Crippen molar-refractivity contribution in [2.24, 2.45) is 0 Å². The zero-order valence-corrected chi connectivity index (χ0v) is 12.7. The van der Waals surface area contributed by atoms with Crippen LogP contribution in [-0.2, 0) is 15.3 Å². The van der Waals surface area contributed by atoms with Crippen LogP contribution in [0.3, 0.4) is 0 Å². The molecular formula is C16H18N2O2S. The number of aromatic nitrogens is 1. The number of nitrogens with two attached hydrogens (primary N) is 1. The summed E-state index contributed by atoms with van der Waals surface area (Å²) in [4.78, 5) is 5.02. The molecule has 0 amide bonds. The molecule has 1 aromatic heterocycles. The largest absolute Gasteiger partial charge is 0.397 e. The van der Waals surface area contributed by atoms with E-state index < -0.39 is 5.79 Å². The molecule has 110 valence electrons. The van der Waals surface area contributed by atoms with E-state index in [1.165, 1.54) is 0 Å². The number of hydrogen-bond donors (Lipinski definition) is 1. The van der Waals surface area contributed by atoms with Crippen molar-refractivity contribution in [3.05, 3.63) is 54.4 Å². The quantitative estimate of drug-likeness (QED) is 0.880. The maximum atomic E-state index is 6.10. The van der Waals surface area contributed by atoms with Gasteiger partial charge < -0.3 is 15.2 Å². The van der Waals surface area contributed by atoms with E-state index in [2.05, 4.69) is 4.98 Å². The number of benzene rings is 1. The third kappa shape index (κ3) is 3.20. The highest BCUT2D eigenvalue weighted by atomic mass is 32.2. The van der Waals surface area contributed by atoms with Gasteiger partial charge in [0.2, 0.25) is 0 Å². The number of nitrogen functional groups attached to an aromatic ring is 1. The SMILES string of the molecule is CC1(c2ccccc2)OCC(CSc2ccncc2N)O1. The summed E-state index contributed by atoms with van der Waals surface area (Å²) < 4.78 is 12.0. The van der Waals surface area contributed by atoms with E-state index >= 15 is 0 Å². The summed E-state index contributed by atoms with van der Waals surface area (Å²) in [6.07, 6.45) is 3.47.